The van der Waals surface area contributed by atoms with Crippen molar-refractivity contribution in [3.8, 4) is 5.75 Å². The number of nitro groups is 1. The summed E-state index contributed by atoms with van der Waals surface area (Å²) < 4.78 is 5.33. The van der Waals surface area contributed by atoms with Crippen LogP contribution in [0, 0.1) is 24.0 Å². The second-order valence-electron chi connectivity index (χ2n) is 8.04. The van der Waals surface area contributed by atoms with E-state index in [1.165, 1.54) is 36.3 Å². The Morgan fingerprint density at radius 2 is 1.74 bits per heavy atom. The molecule has 0 spiro atoms. The smallest absolute Gasteiger partial charge is 0.300 e. The van der Waals surface area contributed by atoms with E-state index in [2.05, 4.69) is 0 Å². The summed E-state index contributed by atoms with van der Waals surface area (Å²) in [4.78, 5) is 38.3. The molecule has 4 rings (SSSR count). The number of methoxy groups -OCH3 is 1. The quantitative estimate of drug-likeness (QED) is 0.192. The van der Waals surface area contributed by atoms with E-state index in [0.29, 0.717) is 17.0 Å². The molecule has 0 aliphatic carbocycles. The van der Waals surface area contributed by atoms with Gasteiger partial charge >= 0.3 is 0 Å². The monoisotopic (exact) mass is 458 g/mol. The molecular weight excluding hydrogens is 436 g/mol. The standard InChI is InChI=1S/C26H22N2O6/c1-15-7-12-21(16(2)13-15)27-23(18-5-4-6-20(14-18)34-3)22(25(30)26(27)31)24(29)17-8-10-19(11-9-17)28(32)33/h4-14,23,29H,1-3H3/b24-22+. The van der Waals surface area contributed by atoms with Crippen LogP contribution in [0.5, 0.6) is 5.75 Å². The van der Waals surface area contributed by atoms with Crippen molar-refractivity contribution in [3.05, 3.63) is 105 Å². The molecule has 172 valence electrons. The number of Topliss-reactive ketones (excluding diaryl/α,β-unsaturated/α-hetero) is 1. The van der Waals surface area contributed by atoms with Crippen molar-refractivity contribution in [2.75, 3.05) is 12.0 Å². The lowest BCUT2D eigenvalue weighted by atomic mass is 9.94. The molecule has 1 saturated heterocycles. The number of nitrogens with zero attached hydrogens (tertiary/aromatic N) is 2. The van der Waals surface area contributed by atoms with Gasteiger partial charge in [0, 0.05) is 23.4 Å². The highest BCUT2D eigenvalue weighted by Crippen LogP contribution is 2.43. The van der Waals surface area contributed by atoms with E-state index in [1.54, 1.807) is 30.3 Å². The molecule has 0 bridgehead atoms. The van der Waals surface area contributed by atoms with Crippen molar-refractivity contribution < 1.29 is 24.4 Å². The molecule has 0 aromatic heterocycles. The number of ether oxygens (including phenoxy) is 1. The first kappa shape index (κ1) is 22.7. The van der Waals surface area contributed by atoms with E-state index in [9.17, 15) is 24.8 Å². The van der Waals surface area contributed by atoms with E-state index < -0.39 is 28.4 Å². The molecule has 1 amide bonds. The van der Waals surface area contributed by atoms with Crippen LogP contribution in [0.3, 0.4) is 0 Å². The molecule has 8 heteroatoms. The topological polar surface area (TPSA) is 110 Å². The maximum absolute atomic E-state index is 13.3. The Morgan fingerprint density at radius 3 is 2.35 bits per heavy atom. The van der Waals surface area contributed by atoms with E-state index in [0.717, 1.165) is 11.1 Å². The molecule has 1 unspecified atom stereocenters. The van der Waals surface area contributed by atoms with Gasteiger partial charge in [-0.2, -0.15) is 0 Å². The summed E-state index contributed by atoms with van der Waals surface area (Å²) >= 11 is 0. The van der Waals surface area contributed by atoms with Crippen molar-refractivity contribution in [2.45, 2.75) is 19.9 Å². The number of carbonyl (C=O) groups is 2. The minimum atomic E-state index is -0.924. The number of amides is 1. The van der Waals surface area contributed by atoms with Gasteiger partial charge in [-0.05, 0) is 55.3 Å². The number of aryl methyl sites for hydroxylation is 2. The first-order valence-corrected chi connectivity index (χ1v) is 10.5. The predicted octanol–water partition coefficient (Wildman–Crippen LogP) is 4.85. The lowest BCUT2D eigenvalue weighted by Crippen LogP contribution is -2.30. The SMILES string of the molecule is COc1cccc(C2/C(=C(\O)c3ccc([N+](=O)[O-])cc3)C(=O)C(=O)N2c2ccc(C)cc2C)c1. The van der Waals surface area contributed by atoms with Crippen molar-refractivity contribution in [1.29, 1.82) is 0 Å². The second kappa shape index (κ2) is 8.82. The molecule has 3 aromatic rings. The van der Waals surface area contributed by atoms with Crippen LogP contribution in [0.25, 0.3) is 5.76 Å². The Labute approximate surface area is 195 Å². The molecule has 1 aliphatic heterocycles. The Bertz CT molecular complexity index is 1340. The first-order chi connectivity index (χ1) is 16.2. The third kappa shape index (κ3) is 3.90. The Hall–Kier alpha value is -4.46. The Balaban J connectivity index is 1.95. The Kier molecular flexibility index (Phi) is 5.89. The zero-order valence-electron chi connectivity index (χ0n) is 18.8. The van der Waals surface area contributed by atoms with Gasteiger partial charge in [0.1, 0.15) is 11.5 Å². The fourth-order valence-electron chi connectivity index (χ4n) is 4.18. The van der Waals surface area contributed by atoms with Gasteiger partial charge in [-0.1, -0.05) is 29.8 Å². The fraction of sp³-hybridized carbons (Fsp3) is 0.154. The van der Waals surface area contributed by atoms with Crippen molar-refractivity contribution in [2.24, 2.45) is 0 Å². The number of anilines is 1. The van der Waals surface area contributed by atoms with Gasteiger partial charge in [0.25, 0.3) is 17.4 Å². The highest BCUT2D eigenvalue weighted by atomic mass is 16.6. The maximum atomic E-state index is 13.3. The number of aliphatic hydroxyl groups is 1. The molecule has 1 heterocycles. The molecule has 0 radical (unpaired) electrons. The Morgan fingerprint density at radius 1 is 1.03 bits per heavy atom. The maximum Gasteiger partial charge on any atom is 0.300 e. The number of carbonyl (C=O) groups excluding carboxylic acids is 2. The summed E-state index contributed by atoms with van der Waals surface area (Å²) in [6, 6.07) is 16.7. The summed E-state index contributed by atoms with van der Waals surface area (Å²) in [6.45, 7) is 3.78. The van der Waals surface area contributed by atoms with Gasteiger partial charge in [-0.25, -0.2) is 0 Å². The third-order valence-corrected chi connectivity index (χ3v) is 5.82. The minimum Gasteiger partial charge on any atom is -0.507 e. The molecule has 3 aromatic carbocycles. The van der Waals surface area contributed by atoms with Crippen molar-refractivity contribution >= 4 is 28.8 Å². The van der Waals surface area contributed by atoms with Crippen LogP contribution in [-0.2, 0) is 9.59 Å². The molecule has 1 aliphatic rings. The molecule has 1 fully saturated rings. The van der Waals surface area contributed by atoms with Crippen LogP contribution >= 0.6 is 0 Å². The largest absolute Gasteiger partial charge is 0.507 e. The highest BCUT2D eigenvalue weighted by Gasteiger charge is 2.47. The molecule has 8 nitrogen and oxygen atoms in total. The van der Waals surface area contributed by atoms with Crippen LogP contribution in [0.4, 0.5) is 11.4 Å². The molecule has 34 heavy (non-hydrogen) atoms. The van der Waals surface area contributed by atoms with Crippen molar-refractivity contribution in [3.63, 3.8) is 0 Å². The van der Waals surface area contributed by atoms with Gasteiger partial charge in [0.05, 0.1) is 23.6 Å². The number of hydrogen-bond donors (Lipinski definition) is 1. The van der Waals surface area contributed by atoms with Crippen LogP contribution in [0.2, 0.25) is 0 Å². The van der Waals surface area contributed by atoms with Gasteiger partial charge in [-0.15, -0.1) is 0 Å². The average Bonchev–Trinajstić information content (AvgIpc) is 3.09. The van der Waals surface area contributed by atoms with E-state index in [4.69, 9.17) is 4.74 Å². The average molecular weight is 458 g/mol. The first-order valence-electron chi connectivity index (χ1n) is 10.5. The molecular formula is C26H22N2O6. The van der Waals surface area contributed by atoms with Gasteiger partial charge in [-0.3, -0.25) is 24.6 Å². The van der Waals surface area contributed by atoms with E-state index in [-0.39, 0.29) is 16.8 Å². The number of nitro benzene ring substituents is 1. The normalized spacial score (nSPS) is 17.1. The predicted molar refractivity (Wildman–Crippen MR) is 127 cm³/mol. The number of hydrogen-bond acceptors (Lipinski definition) is 6. The fourth-order valence-corrected chi connectivity index (χ4v) is 4.18. The van der Waals surface area contributed by atoms with Crippen molar-refractivity contribution in [1.82, 2.24) is 0 Å². The van der Waals surface area contributed by atoms with E-state index >= 15 is 0 Å². The van der Waals surface area contributed by atoms with Crippen LogP contribution in [0.15, 0.2) is 72.3 Å². The van der Waals surface area contributed by atoms with Crippen LogP contribution < -0.4 is 9.64 Å². The summed E-state index contributed by atoms with van der Waals surface area (Å²) in [5.74, 6) is -1.50. The molecule has 0 saturated carbocycles. The number of non-ortho nitro benzene ring substituents is 1. The zero-order chi connectivity index (χ0) is 24.6. The lowest BCUT2D eigenvalue weighted by Gasteiger charge is -2.27. The number of ketones is 1. The second-order valence-corrected chi connectivity index (χ2v) is 8.04. The van der Waals surface area contributed by atoms with Gasteiger partial charge < -0.3 is 9.84 Å². The summed E-state index contributed by atoms with van der Waals surface area (Å²) in [5.41, 5.74) is 2.85. The van der Waals surface area contributed by atoms with E-state index in [1.807, 2.05) is 26.0 Å². The lowest BCUT2D eigenvalue weighted by molar-refractivity contribution is -0.384. The summed E-state index contributed by atoms with van der Waals surface area (Å²) in [7, 11) is 1.51. The number of aliphatic hydroxyl groups excluding tert-OH is 1. The van der Waals surface area contributed by atoms with Gasteiger partial charge in [0.2, 0.25) is 0 Å². The molecule has 1 N–H and O–H groups in total. The van der Waals surface area contributed by atoms with Gasteiger partial charge in [0.15, 0.2) is 0 Å². The number of rotatable bonds is 5. The summed E-state index contributed by atoms with van der Waals surface area (Å²) in [5, 5.41) is 22.2. The zero-order valence-corrected chi connectivity index (χ0v) is 18.8. The summed E-state index contributed by atoms with van der Waals surface area (Å²) in [6.07, 6.45) is 0. The minimum absolute atomic E-state index is 0.105. The number of benzene rings is 3. The molecule has 1 atom stereocenters. The third-order valence-electron chi connectivity index (χ3n) is 5.82. The van der Waals surface area contributed by atoms with Crippen LogP contribution in [0.1, 0.15) is 28.3 Å². The highest BCUT2D eigenvalue weighted by molar-refractivity contribution is 6.51. The van der Waals surface area contributed by atoms with Crippen LogP contribution in [-0.4, -0.2) is 28.8 Å².